The van der Waals surface area contributed by atoms with E-state index in [1.54, 1.807) is 0 Å². The zero-order valence-corrected chi connectivity index (χ0v) is 9.95. The lowest BCUT2D eigenvalue weighted by Crippen LogP contribution is -2.07. The van der Waals surface area contributed by atoms with Crippen LogP contribution in [0.5, 0.6) is 0 Å². The van der Waals surface area contributed by atoms with Gasteiger partial charge in [-0.25, -0.2) is 13.2 Å². The molecule has 0 atom stereocenters. The van der Waals surface area contributed by atoms with Crippen molar-refractivity contribution in [3.63, 3.8) is 0 Å². The summed E-state index contributed by atoms with van der Waals surface area (Å²) >= 11 is 0. The van der Waals surface area contributed by atoms with Crippen LogP contribution in [0.15, 0.2) is 17.0 Å². The first-order valence-electron chi connectivity index (χ1n) is 4.12. The Morgan fingerprint density at radius 3 is 2.35 bits per heavy atom. The van der Waals surface area contributed by atoms with Gasteiger partial charge in [-0.3, -0.25) is 10.1 Å². The summed E-state index contributed by atoms with van der Waals surface area (Å²) in [7, 11) is 0.917. The average molecular weight is 280 g/mol. The topological polar surface area (TPSA) is 115 Å². The monoisotopic (exact) mass is 279 g/mol. The lowest BCUT2D eigenvalue weighted by Gasteiger charge is -2.05. The standard InChI is InChI=1S/C8H6ClNO6S/c1-4-6(17(9,15)16)3-2-5(8(11)12)7(4)10(13)14/h2-3H,1H3,(H,11,12). The minimum Gasteiger partial charge on any atom is -0.477 e. The number of carboxylic acids is 1. The molecular weight excluding hydrogens is 274 g/mol. The number of hydrogen-bond acceptors (Lipinski definition) is 5. The number of carboxylic acid groups (broad SMARTS) is 1. The number of aromatic carboxylic acids is 1. The van der Waals surface area contributed by atoms with Crippen LogP contribution < -0.4 is 0 Å². The van der Waals surface area contributed by atoms with Gasteiger partial charge in [0, 0.05) is 16.2 Å². The minimum absolute atomic E-state index is 0.301. The third-order valence-corrected chi connectivity index (χ3v) is 3.52. The first-order chi connectivity index (χ1) is 7.66. The quantitative estimate of drug-likeness (QED) is 0.510. The van der Waals surface area contributed by atoms with Crippen LogP contribution in [0.2, 0.25) is 0 Å². The van der Waals surface area contributed by atoms with E-state index in [0.29, 0.717) is 0 Å². The molecule has 0 aliphatic rings. The van der Waals surface area contributed by atoms with Gasteiger partial charge in [-0.15, -0.1) is 0 Å². The van der Waals surface area contributed by atoms with Crippen LogP contribution in [0.25, 0.3) is 0 Å². The second-order valence-corrected chi connectivity index (χ2v) is 5.62. The molecule has 7 nitrogen and oxygen atoms in total. The maximum atomic E-state index is 11.1. The van der Waals surface area contributed by atoms with Crippen LogP contribution in [0.3, 0.4) is 0 Å². The molecule has 0 spiro atoms. The Kier molecular flexibility index (Phi) is 3.39. The van der Waals surface area contributed by atoms with Crippen LogP contribution in [-0.4, -0.2) is 24.4 Å². The van der Waals surface area contributed by atoms with Crippen molar-refractivity contribution in [2.24, 2.45) is 0 Å². The molecule has 0 heterocycles. The number of halogens is 1. The van der Waals surface area contributed by atoms with E-state index >= 15 is 0 Å². The van der Waals surface area contributed by atoms with Gasteiger partial charge < -0.3 is 5.11 Å². The van der Waals surface area contributed by atoms with Crippen LogP contribution in [0, 0.1) is 17.0 Å². The molecule has 0 bridgehead atoms. The largest absolute Gasteiger partial charge is 0.477 e. The van der Waals surface area contributed by atoms with Crippen molar-refractivity contribution >= 4 is 31.4 Å². The van der Waals surface area contributed by atoms with Crippen molar-refractivity contribution < 1.29 is 23.2 Å². The molecule has 1 rings (SSSR count). The first kappa shape index (κ1) is 13.4. The molecule has 9 heteroatoms. The smallest absolute Gasteiger partial charge is 0.342 e. The highest BCUT2D eigenvalue weighted by Crippen LogP contribution is 2.30. The summed E-state index contributed by atoms with van der Waals surface area (Å²) in [6, 6.07) is 1.76. The Labute approximate surface area is 100 Å². The summed E-state index contributed by atoms with van der Waals surface area (Å²) in [6.07, 6.45) is 0. The van der Waals surface area contributed by atoms with Crippen LogP contribution in [0.1, 0.15) is 15.9 Å². The maximum Gasteiger partial charge on any atom is 0.342 e. The number of hydrogen-bond donors (Lipinski definition) is 1. The summed E-state index contributed by atoms with van der Waals surface area (Å²) in [5.74, 6) is -1.52. The molecule has 0 amide bonds. The fourth-order valence-electron chi connectivity index (χ4n) is 1.35. The summed E-state index contributed by atoms with van der Waals surface area (Å²) in [5, 5.41) is 19.5. The number of nitro benzene ring substituents is 1. The lowest BCUT2D eigenvalue weighted by atomic mass is 10.1. The van der Waals surface area contributed by atoms with E-state index in [2.05, 4.69) is 0 Å². The van der Waals surface area contributed by atoms with E-state index in [-0.39, 0.29) is 5.56 Å². The number of benzene rings is 1. The number of rotatable bonds is 3. The van der Waals surface area contributed by atoms with Crippen LogP contribution in [-0.2, 0) is 9.05 Å². The lowest BCUT2D eigenvalue weighted by molar-refractivity contribution is -0.385. The second kappa shape index (κ2) is 4.30. The molecule has 1 aromatic rings. The maximum absolute atomic E-state index is 11.1. The molecule has 0 radical (unpaired) electrons. The molecule has 0 fully saturated rings. The fourth-order valence-corrected chi connectivity index (χ4v) is 2.55. The number of nitrogens with zero attached hydrogens (tertiary/aromatic N) is 1. The fraction of sp³-hybridized carbons (Fsp3) is 0.125. The molecule has 1 aromatic carbocycles. The highest BCUT2D eigenvalue weighted by Gasteiger charge is 2.28. The Balaban J connectivity index is 3.73. The molecule has 0 aliphatic carbocycles. The molecule has 0 saturated heterocycles. The van der Waals surface area contributed by atoms with Gasteiger partial charge in [0.15, 0.2) is 0 Å². The molecule has 0 unspecified atom stereocenters. The molecule has 17 heavy (non-hydrogen) atoms. The van der Waals surface area contributed by atoms with Crippen LogP contribution >= 0.6 is 10.7 Å². The summed E-state index contributed by atoms with van der Waals surface area (Å²) in [5.41, 5.74) is -1.67. The molecule has 0 aromatic heterocycles. The van der Waals surface area contributed by atoms with E-state index in [1.165, 1.54) is 0 Å². The zero-order chi connectivity index (χ0) is 13.4. The third-order valence-electron chi connectivity index (χ3n) is 2.06. The summed E-state index contributed by atoms with van der Waals surface area (Å²) in [6.45, 7) is 1.12. The predicted molar refractivity (Wildman–Crippen MR) is 57.8 cm³/mol. The minimum atomic E-state index is -4.16. The summed E-state index contributed by atoms with van der Waals surface area (Å²) in [4.78, 5) is 20.1. The van der Waals surface area contributed by atoms with E-state index in [1.807, 2.05) is 0 Å². The van der Waals surface area contributed by atoms with Crippen molar-refractivity contribution in [2.75, 3.05) is 0 Å². The molecule has 1 N–H and O–H groups in total. The van der Waals surface area contributed by atoms with Gasteiger partial charge in [0.1, 0.15) is 5.56 Å². The van der Waals surface area contributed by atoms with Crippen molar-refractivity contribution in [1.82, 2.24) is 0 Å². The van der Waals surface area contributed by atoms with Gasteiger partial charge in [0.05, 0.1) is 9.82 Å². The Bertz CT molecular complexity index is 609. The van der Waals surface area contributed by atoms with Gasteiger partial charge in [0.2, 0.25) is 0 Å². The Morgan fingerprint density at radius 2 is 2.00 bits per heavy atom. The molecular formula is C8H6ClNO6S. The second-order valence-electron chi connectivity index (χ2n) is 3.08. The number of carbonyl (C=O) groups is 1. The normalized spacial score (nSPS) is 11.2. The van der Waals surface area contributed by atoms with Crippen molar-refractivity contribution in [3.05, 3.63) is 33.4 Å². The molecule has 0 saturated carbocycles. The summed E-state index contributed by atoms with van der Waals surface area (Å²) < 4.78 is 22.2. The number of nitro groups is 1. The van der Waals surface area contributed by atoms with E-state index < -0.39 is 36.1 Å². The van der Waals surface area contributed by atoms with Gasteiger partial charge in [-0.1, -0.05) is 0 Å². The highest BCUT2D eigenvalue weighted by atomic mass is 35.7. The van der Waals surface area contributed by atoms with Gasteiger partial charge >= 0.3 is 5.97 Å². The van der Waals surface area contributed by atoms with E-state index in [9.17, 15) is 23.3 Å². The van der Waals surface area contributed by atoms with E-state index in [4.69, 9.17) is 15.8 Å². The first-order valence-corrected chi connectivity index (χ1v) is 6.43. The van der Waals surface area contributed by atoms with Crippen molar-refractivity contribution in [3.8, 4) is 0 Å². The Hall–Kier alpha value is -1.67. The van der Waals surface area contributed by atoms with Gasteiger partial charge in [-0.05, 0) is 19.1 Å². The van der Waals surface area contributed by atoms with Crippen molar-refractivity contribution in [2.45, 2.75) is 11.8 Å². The highest BCUT2D eigenvalue weighted by molar-refractivity contribution is 8.13. The third kappa shape index (κ3) is 2.53. The Morgan fingerprint density at radius 1 is 1.47 bits per heavy atom. The molecule has 0 aliphatic heterocycles. The van der Waals surface area contributed by atoms with Gasteiger partial charge in [-0.2, -0.15) is 0 Å². The zero-order valence-electron chi connectivity index (χ0n) is 8.38. The molecule has 92 valence electrons. The van der Waals surface area contributed by atoms with Crippen molar-refractivity contribution in [1.29, 1.82) is 0 Å². The average Bonchev–Trinajstić information content (AvgIpc) is 2.13. The van der Waals surface area contributed by atoms with Gasteiger partial charge in [0.25, 0.3) is 14.7 Å². The van der Waals surface area contributed by atoms with E-state index in [0.717, 1.165) is 19.1 Å². The van der Waals surface area contributed by atoms with Crippen LogP contribution in [0.4, 0.5) is 5.69 Å². The predicted octanol–water partition coefficient (Wildman–Crippen LogP) is 1.53. The SMILES string of the molecule is Cc1c(S(=O)(=O)Cl)ccc(C(=O)O)c1[N+](=O)[O-].